The Morgan fingerprint density at radius 3 is 2.48 bits per heavy atom. The monoisotopic (exact) mass is 295 g/mol. The largest absolute Gasteiger partial charge is 0.348 e. The van der Waals surface area contributed by atoms with Gasteiger partial charge in [0.1, 0.15) is 0 Å². The Kier molecular flexibility index (Phi) is 3.37. The molecule has 0 aromatic carbocycles. The molecule has 3 rings (SSSR count). The number of hydrogen-bond acceptors (Lipinski definition) is 3. The molecule has 2 unspecified atom stereocenters. The van der Waals surface area contributed by atoms with Crippen LogP contribution in [0, 0.1) is 11.3 Å². The number of rotatable bonds is 4. The maximum Gasteiger partial charge on any atom is 0.263 e. The molecule has 3 aliphatic rings. The zero-order valence-electron chi connectivity index (χ0n) is 11.9. The Balaban J connectivity index is 1.88. The van der Waals surface area contributed by atoms with E-state index in [1.165, 1.54) is 12.3 Å². The normalized spacial score (nSPS) is 36.7. The van der Waals surface area contributed by atoms with Gasteiger partial charge in [-0.2, -0.15) is 0 Å². The molecule has 21 heavy (non-hydrogen) atoms. The maximum absolute atomic E-state index is 14.5. The molecule has 3 fully saturated rings. The van der Waals surface area contributed by atoms with Crippen molar-refractivity contribution in [1.29, 1.82) is 0 Å². The fraction of sp³-hybridized carbons (Fsp3) is 0.562. The van der Waals surface area contributed by atoms with Crippen molar-refractivity contribution in [3.8, 4) is 0 Å². The van der Waals surface area contributed by atoms with Gasteiger partial charge in [-0.05, 0) is 18.6 Å². The minimum Gasteiger partial charge on any atom is -0.348 e. The van der Waals surface area contributed by atoms with E-state index in [1.807, 2.05) is 0 Å². The molecule has 1 spiro atoms. The molecule has 0 aromatic rings. The van der Waals surface area contributed by atoms with E-state index >= 15 is 0 Å². The molecule has 0 N–H and O–H groups in total. The summed E-state index contributed by atoms with van der Waals surface area (Å²) >= 11 is 0. The van der Waals surface area contributed by atoms with Gasteiger partial charge in [-0.1, -0.05) is 19.2 Å². The van der Waals surface area contributed by atoms with Crippen molar-refractivity contribution in [3.05, 3.63) is 37.6 Å². The van der Waals surface area contributed by atoms with Gasteiger partial charge >= 0.3 is 0 Å². The van der Waals surface area contributed by atoms with E-state index in [0.29, 0.717) is 31.8 Å². The van der Waals surface area contributed by atoms with Crippen molar-refractivity contribution < 1.29 is 18.3 Å². The number of nitrogens with zero attached hydrogens (tertiary/aromatic N) is 1. The third kappa shape index (κ3) is 1.94. The minimum atomic E-state index is -2.78. The van der Waals surface area contributed by atoms with Gasteiger partial charge in [-0.3, -0.25) is 4.99 Å². The molecule has 114 valence electrons. The predicted octanol–water partition coefficient (Wildman–Crippen LogP) is 3.49. The van der Waals surface area contributed by atoms with Gasteiger partial charge in [-0.15, -0.1) is 0 Å². The molecule has 2 atom stereocenters. The van der Waals surface area contributed by atoms with Crippen LogP contribution in [0.4, 0.5) is 8.78 Å². The molecule has 1 heterocycles. The summed E-state index contributed by atoms with van der Waals surface area (Å²) in [6.45, 7) is 8.16. The highest BCUT2D eigenvalue weighted by Gasteiger charge is 2.84. The van der Waals surface area contributed by atoms with Crippen LogP contribution in [-0.2, 0) is 9.47 Å². The number of fused-ring (bicyclic) bond motifs is 1. The Morgan fingerprint density at radius 2 is 1.90 bits per heavy atom. The minimum absolute atomic E-state index is 0.220. The van der Waals surface area contributed by atoms with Crippen LogP contribution in [0.3, 0.4) is 0 Å². The van der Waals surface area contributed by atoms with Crippen LogP contribution in [0.2, 0.25) is 0 Å². The van der Waals surface area contributed by atoms with Crippen LogP contribution in [0.1, 0.15) is 19.3 Å². The van der Waals surface area contributed by atoms with E-state index in [2.05, 4.69) is 18.2 Å². The lowest BCUT2D eigenvalue weighted by atomic mass is 9.81. The number of hydrogen-bond donors (Lipinski definition) is 0. The maximum atomic E-state index is 14.5. The Hall–Kier alpha value is -1.33. The summed E-state index contributed by atoms with van der Waals surface area (Å²) in [5, 5.41) is 0. The Morgan fingerprint density at radius 1 is 1.19 bits per heavy atom. The van der Waals surface area contributed by atoms with Crippen molar-refractivity contribution in [2.45, 2.75) is 31.0 Å². The van der Waals surface area contributed by atoms with Gasteiger partial charge in [0.15, 0.2) is 5.79 Å². The van der Waals surface area contributed by atoms with Crippen LogP contribution >= 0.6 is 0 Å². The Labute approximate surface area is 123 Å². The molecular weight excluding hydrogens is 276 g/mol. The average Bonchev–Trinajstić information content (AvgIpc) is 2.79. The highest BCUT2D eigenvalue weighted by Crippen LogP contribution is 2.74. The second-order valence-corrected chi connectivity index (χ2v) is 5.75. The van der Waals surface area contributed by atoms with Gasteiger partial charge in [0.25, 0.3) is 5.92 Å². The van der Waals surface area contributed by atoms with Crippen LogP contribution < -0.4 is 0 Å². The molecule has 2 aliphatic carbocycles. The molecule has 1 saturated heterocycles. The predicted molar refractivity (Wildman–Crippen MR) is 76.3 cm³/mol. The molecule has 0 bridgehead atoms. The van der Waals surface area contributed by atoms with Crippen molar-refractivity contribution in [3.63, 3.8) is 0 Å². The lowest BCUT2D eigenvalue weighted by Gasteiger charge is -2.33. The number of aliphatic imine (C=N–C) groups is 1. The van der Waals surface area contributed by atoms with Crippen molar-refractivity contribution in [2.24, 2.45) is 16.3 Å². The molecule has 2 saturated carbocycles. The molecule has 3 nitrogen and oxygen atoms in total. The number of halogens is 2. The highest BCUT2D eigenvalue weighted by molar-refractivity contribution is 6.03. The molecule has 0 aromatic heterocycles. The highest BCUT2D eigenvalue weighted by atomic mass is 19.3. The SMILES string of the molecule is C=C/C=C\N=C(C=C)C12CCC3(CC1C2(F)F)OCCO3. The lowest BCUT2D eigenvalue weighted by molar-refractivity contribution is -0.181. The van der Waals surface area contributed by atoms with Crippen LogP contribution in [0.15, 0.2) is 42.6 Å². The lowest BCUT2D eigenvalue weighted by Crippen LogP contribution is -2.38. The fourth-order valence-electron chi connectivity index (χ4n) is 3.75. The first-order valence-electron chi connectivity index (χ1n) is 7.16. The van der Waals surface area contributed by atoms with Crippen molar-refractivity contribution in [1.82, 2.24) is 0 Å². The van der Waals surface area contributed by atoms with Crippen molar-refractivity contribution in [2.75, 3.05) is 13.2 Å². The van der Waals surface area contributed by atoms with Gasteiger partial charge in [0.05, 0.1) is 24.3 Å². The molecule has 0 radical (unpaired) electrons. The molecule has 5 heteroatoms. The zero-order valence-corrected chi connectivity index (χ0v) is 11.9. The standard InChI is InChI=1S/C16H19F2NO2/c1-3-5-8-19-13(4-2)15-7-6-14(20-9-10-21-14)11-12(15)16(15,17)18/h3-5,8,12H,1-2,6-7,9-11H2/b8-5-,19-13?. The van der Waals surface area contributed by atoms with E-state index in [0.717, 1.165) is 0 Å². The third-order valence-corrected chi connectivity index (χ3v) is 4.86. The van der Waals surface area contributed by atoms with E-state index in [1.54, 1.807) is 12.2 Å². The van der Waals surface area contributed by atoms with Crippen molar-refractivity contribution >= 4 is 5.71 Å². The first-order valence-corrected chi connectivity index (χ1v) is 7.16. The quantitative estimate of drug-likeness (QED) is 0.587. The van der Waals surface area contributed by atoms with Crippen LogP contribution in [0.25, 0.3) is 0 Å². The summed E-state index contributed by atoms with van der Waals surface area (Å²) in [7, 11) is 0. The van der Waals surface area contributed by atoms with E-state index in [9.17, 15) is 8.78 Å². The van der Waals surface area contributed by atoms with Gasteiger partial charge in [0.2, 0.25) is 0 Å². The first kappa shape index (κ1) is 14.6. The van der Waals surface area contributed by atoms with E-state index in [4.69, 9.17) is 9.47 Å². The van der Waals surface area contributed by atoms with E-state index < -0.39 is 23.0 Å². The summed E-state index contributed by atoms with van der Waals surface area (Å²) in [5.74, 6) is -4.37. The smallest absolute Gasteiger partial charge is 0.263 e. The summed E-state index contributed by atoms with van der Waals surface area (Å²) in [6.07, 6.45) is 7.09. The van der Waals surface area contributed by atoms with Gasteiger partial charge in [-0.25, -0.2) is 8.78 Å². The topological polar surface area (TPSA) is 30.8 Å². The van der Waals surface area contributed by atoms with Crippen LogP contribution in [0.5, 0.6) is 0 Å². The molecule has 1 aliphatic heterocycles. The number of alkyl halides is 2. The second-order valence-electron chi connectivity index (χ2n) is 5.75. The third-order valence-electron chi connectivity index (χ3n) is 4.86. The zero-order chi connectivity index (χ0) is 15.1. The first-order chi connectivity index (χ1) is 10.0. The second kappa shape index (κ2) is 4.85. The Bertz CT molecular complexity index is 520. The molecule has 0 amide bonds. The summed E-state index contributed by atoms with van der Waals surface area (Å²) in [6, 6.07) is 0. The van der Waals surface area contributed by atoms with E-state index in [-0.39, 0.29) is 6.42 Å². The van der Waals surface area contributed by atoms with Gasteiger partial charge in [0, 0.05) is 25.0 Å². The number of ether oxygens (including phenoxy) is 2. The summed E-state index contributed by atoms with van der Waals surface area (Å²) in [5.41, 5.74) is -0.857. The average molecular weight is 295 g/mol. The molecular formula is C16H19F2NO2. The van der Waals surface area contributed by atoms with Crippen LogP contribution in [-0.4, -0.2) is 30.6 Å². The van der Waals surface area contributed by atoms with Gasteiger partial charge < -0.3 is 9.47 Å². The summed E-state index contributed by atoms with van der Waals surface area (Å²) < 4.78 is 40.1. The fourth-order valence-corrected chi connectivity index (χ4v) is 3.75. The summed E-state index contributed by atoms with van der Waals surface area (Å²) in [4.78, 5) is 4.16. The number of allylic oxidation sites excluding steroid dienone is 3.